The van der Waals surface area contributed by atoms with Gasteiger partial charge >= 0.3 is 5.97 Å². The molecule has 2 aromatic carbocycles. The van der Waals surface area contributed by atoms with Gasteiger partial charge in [-0.25, -0.2) is 0 Å². The molecule has 3 aromatic rings. The maximum Gasteiger partial charge on any atom is 0.303 e. The minimum Gasteiger partial charge on any atom is -0.481 e. The van der Waals surface area contributed by atoms with Crippen LogP contribution in [0.3, 0.4) is 0 Å². The van der Waals surface area contributed by atoms with Crippen LogP contribution in [0.2, 0.25) is 5.02 Å². The number of hydrogen-bond acceptors (Lipinski definition) is 5. The summed E-state index contributed by atoms with van der Waals surface area (Å²) in [6.07, 6.45) is 19.4. The number of halogens is 1. The van der Waals surface area contributed by atoms with Crippen molar-refractivity contribution in [3.63, 3.8) is 0 Å². The van der Waals surface area contributed by atoms with Crippen LogP contribution >= 0.6 is 11.6 Å². The lowest BCUT2D eigenvalue weighted by Crippen LogP contribution is -2.09. The summed E-state index contributed by atoms with van der Waals surface area (Å²) in [6.45, 7) is -0.196. The highest BCUT2D eigenvalue weighted by molar-refractivity contribution is 6.31. The Hall–Kier alpha value is -3.03. The molecule has 0 aliphatic carbocycles. The van der Waals surface area contributed by atoms with Crippen molar-refractivity contribution in [2.24, 2.45) is 4.99 Å². The topological polar surface area (TPSA) is 101 Å². The first-order valence-electron chi connectivity index (χ1n) is 16.3. The van der Waals surface area contributed by atoms with E-state index in [-0.39, 0.29) is 12.6 Å². The van der Waals surface area contributed by atoms with Crippen LogP contribution < -0.4 is 0 Å². The fraction of sp³-hybridized carbons (Fsp3) is 0.543. The molecule has 1 unspecified atom stereocenters. The van der Waals surface area contributed by atoms with Crippen molar-refractivity contribution in [2.75, 3.05) is 0 Å². The van der Waals surface area contributed by atoms with Gasteiger partial charge in [0, 0.05) is 22.6 Å². The highest BCUT2D eigenvalue weighted by Crippen LogP contribution is 2.35. The van der Waals surface area contributed by atoms with Gasteiger partial charge in [0.05, 0.1) is 11.4 Å². The minimum atomic E-state index is -0.676. The molecule has 0 amide bonds. The summed E-state index contributed by atoms with van der Waals surface area (Å²) in [5.41, 5.74) is 3.75. The quantitative estimate of drug-likeness (QED) is 0.125. The van der Waals surface area contributed by atoms with Crippen LogP contribution in [-0.4, -0.2) is 36.7 Å². The highest BCUT2D eigenvalue weighted by atomic mass is 35.5. The largest absolute Gasteiger partial charge is 0.481 e. The van der Waals surface area contributed by atoms with Gasteiger partial charge in [0.2, 0.25) is 0 Å². The van der Waals surface area contributed by atoms with Gasteiger partial charge in [0.15, 0.2) is 11.6 Å². The molecule has 0 fully saturated rings. The Morgan fingerprint density at radius 1 is 0.767 bits per heavy atom. The third-order valence-electron chi connectivity index (χ3n) is 8.35. The highest BCUT2D eigenvalue weighted by Gasteiger charge is 2.28. The molecular formula is C35H47ClN4O3. The maximum absolute atomic E-state index is 10.5. The lowest BCUT2D eigenvalue weighted by atomic mass is 10.00. The number of benzene rings is 2. The summed E-state index contributed by atoms with van der Waals surface area (Å²) in [5.74, 6) is 0.613. The van der Waals surface area contributed by atoms with Gasteiger partial charge in [-0.2, -0.15) is 0 Å². The number of nitrogens with zero attached hydrogens (tertiary/aromatic N) is 4. The second-order valence-electron chi connectivity index (χ2n) is 11.7. The average molecular weight is 607 g/mol. The van der Waals surface area contributed by atoms with E-state index in [2.05, 4.69) is 22.3 Å². The molecule has 0 bridgehead atoms. The predicted octanol–water partition coefficient (Wildman–Crippen LogP) is 9.02. The van der Waals surface area contributed by atoms with Crippen molar-refractivity contribution >= 4 is 23.3 Å². The van der Waals surface area contributed by atoms with E-state index in [0.29, 0.717) is 17.3 Å². The number of carboxylic acid groups (broad SMARTS) is 1. The second-order valence-corrected chi connectivity index (χ2v) is 12.2. The number of aromatic nitrogens is 3. The number of unbranched alkanes of at least 4 members (excludes halogenated alkanes) is 14. The Morgan fingerprint density at radius 2 is 1.35 bits per heavy atom. The first-order chi connectivity index (χ1) is 21.1. The monoisotopic (exact) mass is 606 g/mol. The average Bonchev–Trinajstić information content (AvgIpc) is 3.39. The number of carbonyl (C=O) groups is 1. The number of hydrogen-bond donors (Lipinski definition) is 2. The Labute approximate surface area is 261 Å². The van der Waals surface area contributed by atoms with Crippen molar-refractivity contribution in [3.8, 4) is 5.69 Å². The molecule has 8 heteroatoms. The zero-order valence-corrected chi connectivity index (χ0v) is 26.1. The van der Waals surface area contributed by atoms with Crippen molar-refractivity contribution in [3.05, 3.63) is 76.3 Å². The first kappa shape index (κ1) is 32.9. The second kappa shape index (κ2) is 17.9. The molecule has 0 spiro atoms. The zero-order chi connectivity index (χ0) is 30.3. The molecule has 1 aromatic heterocycles. The predicted molar refractivity (Wildman–Crippen MR) is 173 cm³/mol. The van der Waals surface area contributed by atoms with Crippen molar-refractivity contribution in [1.29, 1.82) is 0 Å². The maximum atomic E-state index is 10.5. The number of rotatable bonds is 20. The third kappa shape index (κ3) is 10.0. The molecular weight excluding hydrogens is 560 g/mol. The van der Waals surface area contributed by atoms with Gasteiger partial charge in [-0.15, -0.1) is 10.2 Å². The summed E-state index contributed by atoms with van der Waals surface area (Å²) in [6, 6.07) is 15.8. The molecule has 1 atom stereocenters. The van der Waals surface area contributed by atoms with E-state index in [1.807, 2.05) is 41.0 Å². The van der Waals surface area contributed by atoms with Gasteiger partial charge < -0.3 is 10.2 Å². The van der Waals surface area contributed by atoms with Crippen LogP contribution in [0, 0.1) is 0 Å². The van der Waals surface area contributed by atoms with E-state index in [0.717, 1.165) is 54.0 Å². The van der Waals surface area contributed by atoms with E-state index in [1.54, 1.807) is 0 Å². The lowest BCUT2D eigenvalue weighted by molar-refractivity contribution is -0.137. The Balaban J connectivity index is 1.20. The zero-order valence-electron chi connectivity index (χ0n) is 25.4. The number of aliphatic imine (C=N–C) groups is 1. The molecule has 0 saturated heterocycles. The summed E-state index contributed by atoms with van der Waals surface area (Å²) in [7, 11) is 0. The summed E-state index contributed by atoms with van der Waals surface area (Å²) in [4.78, 5) is 15.8. The van der Waals surface area contributed by atoms with Gasteiger partial charge in [-0.1, -0.05) is 132 Å². The Bertz CT molecular complexity index is 1310. The molecule has 0 radical (unpaired) electrons. The van der Waals surface area contributed by atoms with Gasteiger partial charge in [0.25, 0.3) is 0 Å². The normalized spacial score (nSPS) is 14.2. The molecule has 1 aliphatic heterocycles. The van der Waals surface area contributed by atoms with E-state index < -0.39 is 5.97 Å². The molecule has 2 N–H and O–H groups in total. The lowest BCUT2D eigenvalue weighted by Gasteiger charge is -2.13. The van der Waals surface area contributed by atoms with Crippen LogP contribution in [0.1, 0.15) is 138 Å². The molecule has 232 valence electrons. The third-order valence-corrected chi connectivity index (χ3v) is 8.58. The van der Waals surface area contributed by atoms with Crippen LogP contribution in [0.5, 0.6) is 0 Å². The van der Waals surface area contributed by atoms with E-state index in [4.69, 9.17) is 21.7 Å². The van der Waals surface area contributed by atoms with Crippen LogP contribution in [-0.2, 0) is 11.4 Å². The molecule has 7 nitrogen and oxygen atoms in total. The van der Waals surface area contributed by atoms with Gasteiger partial charge in [-0.05, 0) is 31.0 Å². The van der Waals surface area contributed by atoms with E-state index in [1.165, 1.54) is 77.0 Å². The van der Waals surface area contributed by atoms with Crippen molar-refractivity contribution in [1.82, 2.24) is 14.8 Å². The number of aliphatic hydroxyl groups excluding tert-OH is 1. The van der Waals surface area contributed by atoms with Crippen molar-refractivity contribution < 1.29 is 15.0 Å². The number of carboxylic acids is 1. The van der Waals surface area contributed by atoms with Crippen LogP contribution in [0.15, 0.2) is 53.5 Å². The van der Waals surface area contributed by atoms with Crippen LogP contribution in [0.4, 0.5) is 0 Å². The van der Waals surface area contributed by atoms with Gasteiger partial charge in [0.1, 0.15) is 12.6 Å². The van der Waals surface area contributed by atoms with E-state index >= 15 is 0 Å². The minimum absolute atomic E-state index is 0.154. The SMILES string of the molecule is O=C(O)CCCCCCCCCCCCCCCCCC1N=C(c2ccccc2)c2cc(Cl)ccc2-n2c(CO)nnc21. The fourth-order valence-corrected chi connectivity index (χ4v) is 6.19. The number of fused-ring (bicyclic) bond motifs is 3. The van der Waals surface area contributed by atoms with Crippen LogP contribution in [0.25, 0.3) is 5.69 Å². The molecule has 43 heavy (non-hydrogen) atoms. The molecule has 1 aliphatic rings. The molecule has 4 rings (SSSR count). The number of aliphatic hydroxyl groups is 1. The van der Waals surface area contributed by atoms with Gasteiger partial charge in [-0.3, -0.25) is 14.4 Å². The fourth-order valence-electron chi connectivity index (χ4n) is 6.02. The molecule has 0 saturated carbocycles. The smallest absolute Gasteiger partial charge is 0.303 e. The Morgan fingerprint density at radius 3 is 1.93 bits per heavy atom. The Kier molecular flexibility index (Phi) is 13.7. The van der Waals surface area contributed by atoms with E-state index in [9.17, 15) is 9.90 Å². The number of aliphatic carboxylic acids is 1. The summed E-state index contributed by atoms with van der Waals surface area (Å²) in [5, 5.41) is 28.2. The molecule has 2 heterocycles. The standard InChI is InChI=1S/C35H47ClN4O3/c36-28-23-24-31-29(25-28)34(27-19-15-14-16-20-27)37-30(35-39-38-32(26-41)40(31)35)21-17-12-10-8-6-4-2-1-3-5-7-9-11-13-18-22-33(42)43/h14-16,19-20,23-25,30,41H,1-13,17-18,21-22,26H2,(H,42,43). The summed E-state index contributed by atoms with van der Waals surface area (Å²) < 4.78 is 1.97. The first-order valence-corrected chi connectivity index (χ1v) is 16.7. The van der Waals surface area contributed by atoms with Crippen molar-refractivity contribution in [2.45, 2.75) is 122 Å². The summed E-state index contributed by atoms with van der Waals surface area (Å²) >= 11 is 6.45.